The number of hydrogen-bond donors (Lipinski definition) is 1. The van der Waals surface area contributed by atoms with E-state index in [4.69, 9.17) is 17.3 Å². The molecule has 17 heavy (non-hydrogen) atoms. The number of carbonyl (C=O) groups excluding carboxylic acids is 1. The molecular formula is C11H11BrClFN2O. The molecular weight excluding hydrogens is 310 g/mol. The minimum Gasteiger partial charge on any atom is -0.396 e. The van der Waals surface area contributed by atoms with Crippen LogP contribution < -0.4 is 10.6 Å². The Morgan fingerprint density at radius 1 is 1.59 bits per heavy atom. The minimum atomic E-state index is -0.428. The number of nitrogen functional groups attached to an aromatic ring is 1. The highest BCUT2D eigenvalue weighted by molar-refractivity contribution is 9.10. The van der Waals surface area contributed by atoms with Crippen LogP contribution >= 0.6 is 27.5 Å². The molecule has 3 nitrogen and oxygen atoms in total. The first-order valence-corrected chi connectivity index (χ1v) is 6.46. The zero-order valence-electron chi connectivity index (χ0n) is 8.92. The van der Waals surface area contributed by atoms with Crippen molar-refractivity contribution in [1.29, 1.82) is 0 Å². The van der Waals surface area contributed by atoms with E-state index >= 15 is 0 Å². The van der Waals surface area contributed by atoms with Gasteiger partial charge in [-0.25, -0.2) is 4.39 Å². The zero-order valence-corrected chi connectivity index (χ0v) is 11.3. The molecule has 0 aromatic heterocycles. The van der Waals surface area contributed by atoms with Crippen LogP contribution in [0.1, 0.15) is 6.42 Å². The number of nitrogens with two attached hydrogens (primary N) is 1. The van der Waals surface area contributed by atoms with Crippen molar-refractivity contribution < 1.29 is 9.18 Å². The third-order valence-corrected chi connectivity index (χ3v) is 3.88. The van der Waals surface area contributed by atoms with Gasteiger partial charge in [0, 0.05) is 23.3 Å². The normalized spacial score (nSPS) is 20.1. The molecule has 1 saturated heterocycles. The molecule has 1 aliphatic heterocycles. The van der Waals surface area contributed by atoms with Crippen LogP contribution in [0.5, 0.6) is 0 Å². The lowest BCUT2D eigenvalue weighted by Crippen LogP contribution is -2.25. The molecule has 0 saturated carbocycles. The Hall–Kier alpha value is -0.810. The summed E-state index contributed by atoms with van der Waals surface area (Å²) in [6, 6.07) is 2.55. The highest BCUT2D eigenvalue weighted by Crippen LogP contribution is 2.35. The van der Waals surface area contributed by atoms with Crippen molar-refractivity contribution in [2.24, 2.45) is 5.92 Å². The molecule has 0 spiro atoms. The van der Waals surface area contributed by atoms with Gasteiger partial charge in [0.2, 0.25) is 5.91 Å². The van der Waals surface area contributed by atoms with Gasteiger partial charge in [-0.2, -0.15) is 0 Å². The molecule has 2 rings (SSSR count). The van der Waals surface area contributed by atoms with Gasteiger partial charge in [-0.1, -0.05) is 0 Å². The standard InChI is InChI=1S/C11H11BrClFN2O/c12-8-2-7(14)3-9(11(8)15)16-5-6(4-13)1-10(16)17/h2-3,6H,1,4-5,15H2. The number of alkyl halides is 1. The molecule has 1 unspecified atom stereocenters. The van der Waals surface area contributed by atoms with E-state index in [0.29, 0.717) is 34.7 Å². The smallest absolute Gasteiger partial charge is 0.227 e. The van der Waals surface area contributed by atoms with Crippen molar-refractivity contribution in [3.8, 4) is 0 Å². The minimum absolute atomic E-state index is 0.0696. The maximum Gasteiger partial charge on any atom is 0.227 e. The second kappa shape index (κ2) is 4.82. The van der Waals surface area contributed by atoms with Crippen molar-refractivity contribution in [2.75, 3.05) is 23.1 Å². The number of hydrogen-bond acceptors (Lipinski definition) is 2. The Kier molecular flexibility index (Phi) is 3.58. The molecule has 1 aromatic rings. The number of rotatable bonds is 2. The van der Waals surface area contributed by atoms with Gasteiger partial charge in [0.05, 0.1) is 11.4 Å². The molecule has 1 atom stereocenters. The highest BCUT2D eigenvalue weighted by Gasteiger charge is 2.31. The van der Waals surface area contributed by atoms with Crippen molar-refractivity contribution in [1.82, 2.24) is 0 Å². The van der Waals surface area contributed by atoms with Crippen LogP contribution in [-0.2, 0) is 4.79 Å². The topological polar surface area (TPSA) is 46.3 Å². The predicted molar refractivity (Wildman–Crippen MR) is 69.7 cm³/mol. The van der Waals surface area contributed by atoms with E-state index < -0.39 is 5.82 Å². The van der Waals surface area contributed by atoms with E-state index in [0.717, 1.165) is 0 Å². The van der Waals surface area contributed by atoms with Crippen LogP contribution in [0.25, 0.3) is 0 Å². The van der Waals surface area contributed by atoms with Crippen LogP contribution in [0.4, 0.5) is 15.8 Å². The maximum atomic E-state index is 13.3. The van der Waals surface area contributed by atoms with Gasteiger partial charge in [0.15, 0.2) is 0 Å². The molecule has 1 amide bonds. The Balaban J connectivity index is 2.38. The van der Waals surface area contributed by atoms with Crippen molar-refractivity contribution in [2.45, 2.75) is 6.42 Å². The predicted octanol–water partition coefficient (Wildman–Crippen LogP) is 2.76. The van der Waals surface area contributed by atoms with Gasteiger partial charge in [-0.05, 0) is 34.0 Å². The van der Waals surface area contributed by atoms with Gasteiger partial charge in [-0.15, -0.1) is 11.6 Å². The third-order valence-electron chi connectivity index (χ3n) is 2.79. The van der Waals surface area contributed by atoms with Crippen molar-refractivity contribution in [3.05, 3.63) is 22.4 Å². The third kappa shape index (κ3) is 2.40. The monoisotopic (exact) mass is 320 g/mol. The molecule has 2 N–H and O–H groups in total. The van der Waals surface area contributed by atoms with Gasteiger partial charge in [0.25, 0.3) is 0 Å². The Bertz CT molecular complexity index is 469. The van der Waals surface area contributed by atoms with E-state index in [2.05, 4.69) is 15.9 Å². The van der Waals surface area contributed by atoms with E-state index in [1.807, 2.05) is 0 Å². The Labute approximate surface area is 112 Å². The average Bonchev–Trinajstić information content (AvgIpc) is 2.65. The fourth-order valence-corrected chi connectivity index (χ4v) is 2.54. The number of carbonyl (C=O) groups is 1. The molecule has 92 valence electrons. The summed E-state index contributed by atoms with van der Waals surface area (Å²) in [5, 5.41) is 0. The molecule has 1 fully saturated rings. The number of anilines is 2. The number of halogens is 3. The Morgan fingerprint density at radius 2 is 2.29 bits per heavy atom. The summed E-state index contributed by atoms with van der Waals surface area (Å²) in [5.41, 5.74) is 6.62. The lowest BCUT2D eigenvalue weighted by molar-refractivity contribution is -0.117. The van der Waals surface area contributed by atoms with Crippen LogP contribution in [0, 0.1) is 11.7 Å². The van der Waals surface area contributed by atoms with Crippen LogP contribution in [0.15, 0.2) is 16.6 Å². The summed E-state index contributed by atoms with van der Waals surface area (Å²) in [4.78, 5) is 13.3. The lowest BCUT2D eigenvalue weighted by Gasteiger charge is -2.19. The van der Waals surface area contributed by atoms with Crippen molar-refractivity contribution >= 4 is 44.8 Å². The summed E-state index contributed by atoms with van der Waals surface area (Å²) in [5.74, 6) is 0.0205. The summed E-state index contributed by atoms with van der Waals surface area (Å²) in [6.45, 7) is 0.489. The first kappa shape index (κ1) is 12.6. The summed E-state index contributed by atoms with van der Waals surface area (Å²) < 4.78 is 13.8. The van der Waals surface area contributed by atoms with Gasteiger partial charge in [-0.3, -0.25) is 4.79 Å². The van der Waals surface area contributed by atoms with E-state index in [-0.39, 0.29) is 11.8 Å². The highest BCUT2D eigenvalue weighted by atomic mass is 79.9. The van der Waals surface area contributed by atoms with Crippen LogP contribution in [-0.4, -0.2) is 18.3 Å². The van der Waals surface area contributed by atoms with Gasteiger partial charge in [0.1, 0.15) is 5.82 Å². The fraction of sp³-hybridized carbons (Fsp3) is 0.364. The van der Waals surface area contributed by atoms with Gasteiger partial charge < -0.3 is 10.6 Å². The largest absolute Gasteiger partial charge is 0.396 e. The first-order chi connectivity index (χ1) is 8.02. The quantitative estimate of drug-likeness (QED) is 0.672. The molecule has 1 heterocycles. The summed E-state index contributed by atoms with van der Waals surface area (Å²) in [6.07, 6.45) is 0.386. The van der Waals surface area contributed by atoms with E-state index in [1.165, 1.54) is 17.0 Å². The SMILES string of the molecule is Nc1c(Br)cc(F)cc1N1CC(CCl)CC1=O. The number of amides is 1. The average molecular weight is 322 g/mol. The van der Waals surface area contributed by atoms with Crippen molar-refractivity contribution in [3.63, 3.8) is 0 Å². The summed E-state index contributed by atoms with van der Waals surface area (Å²) in [7, 11) is 0. The number of nitrogens with zero attached hydrogens (tertiary/aromatic N) is 1. The molecule has 6 heteroatoms. The molecule has 0 aliphatic carbocycles. The molecule has 0 radical (unpaired) electrons. The molecule has 1 aliphatic rings. The lowest BCUT2D eigenvalue weighted by atomic mass is 10.1. The molecule has 1 aromatic carbocycles. The maximum absolute atomic E-state index is 13.3. The van der Waals surface area contributed by atoms with E-state index in [1.54, 1.807) is 0 Å². The summed E-state index contributed by atoms with van der Waals surface area (Å²) >= 11 is 8.90. The fourth-order valence-electron chi connectivity index (χ4n) is 1.91. The first-order valence-electron chi connectivity index (χ1n) is 5.13. The van der Waals surface area contributed by atoms with Crippen LogP contribution in [0.2, 0.25) is 0 Å². The van der Waals surface area contributed by atoms with Crippen LogP contribution in [0.3, 0.4) is 0 Å². The van der Waals surface area contributed by atoms with E-state index in [9.17, 15) is 9.18 Å². The number of benzene rings is 1. The van der Waals surface area contributed by atoms with Gasteiger partial charge >= 0.3 is 0 Å². The second-order valence-electron chi connectivity index (χ2n) is 4.05. The molecule has 0 bridgehead atoms. The second-order valence-corrected chi connectivity index (χ2v) is 5.21. The zero-order chi connectivity index (χ0) is 12.6. The Morgan fingerprint density at radius 3 is 2.88 bits per heavy atom.